The highest BCUT2D eigenvalue weighted by Gasteiger charge is 2.55. The lowest BCUT2D eigenvalue weighted by Gasteiger charge is -2.12. The first-order valence-electron chi connectivity index (χ1n) is 6.44. The molecule has 1 aromatic rings. The van der Waals surface area contributed by atoms with Crippen molar-refractivity contribution < 1.29 is 14.7 Å². The molecule has 2 fully saturated rings. The number of benzene rings is 1. The van der Waals surface area contributed by atoms with Gasteiger partial charge in [-0.3, -0.25) is 4.79 Å². The van der Waals surface area contributed by atoms with Crippen LogP contribution in [0.5, 0.6) is 0 Å². The molecule has 2 atom stereocenters. The van der Waals surface area contributed by atoms with Crippen molar-refractivity contribution in [3.8, 4) is 0 Å². The number of hydrogen-bond acceptors (Lipinski definition) is 2. The van der Waals surface area contributed by atoms with Crippen molar-refractivity contribution in [2.45, 2.75) is 30.7 Å². The zero-order valence-corrected chi connectivity index (χ0v) is 12.0. The number of carbonyl (C=O) groups excluding carboxylic acids is 1. The Morgan fingerprint density at radius 2 is 2.00 bits per heavy atom. The number of rotatable bonds is 4. The predicted molar refractivity (Wildman–Crippen MR) is 75.1 cm³/mol. The zero-order valence-electron chi connectivity index (χ0n) is 10.5. The van der Waals surface area contributed by atoms with Crippen molar-refractivity contribution in [2.24, 2.45) is 5.92 Å². The van der Waals surface area contributed by atoms with Gasteiger partial charge in [0.1, 0.15) is 5.54 Å². The molecular formula is C14H13Cl2NO3. The summed E-state index contributed by atoms with van der Waals surface area (Å²) in [4.78, 5) is 23.2. The summed E-state index contributed by atoms with van der Waals surface area (Å²) in [5.41, 5.74) is -0.165. The van der Waals surface area contributed by atoms with E-state index in [4.69, 9.17) is 28.3 Å². The Balaban J connectivity index is 1.69. The molecule has 0 radical (unpaired) electrons. The Morgan fingerprint density at radius 3 is 2.60 bits per heavy atom. The van der Waals surface area contributed by atoms with Crippen molar-refractivity contribution in [3.05, 3.63) is 33.8 Å². The molecule has 0 aliphatic heterocycles. The number of carbonyl (C=O) groups is 2. The molecule has 106 valence electrons. The van der Waals surface area contributed by atoms with Crippen LogP contribution in [0.2, 0.25) is 10.0 Å². The first-order chi connectivity index (χ1) is 9.44. The highest BCUT2D eigenvalue weighted by Crippen LogP contribution is 2.51. The van der Waals surface area contributed by atoms with Crippen LogP contribution in [0, 0.1) is 5.92 Å². The van der Waals surface area contributed by atoms with Crippen molar-refractivity contribution >= 4 is 35.1 Å². The van der Waals surface area contributed by atoms with Gasteiger partial charge >= 0.3 is 5.97 Å². The molecule has 0 saturated heterocycles. The third-order valence-electron chi connectivity index (χ3n) is 4.03. The van der Waals surface area contributed by atoms with Crippen LogP contribution in [0.1, 0.15) is 30.7 Å². The van der Waals surface area contributed by atoms with Crippen LogP contribution in [-0.4, -0.2) is 22.5 Å². The second-order valence-corrected chi connectivity index (χ2v) is 6.25. The molecule has 2 aliphatic rings. The largest absolute Gasteiger partial charge is 0.480 e. The van der Waals surface area contributed by atoms with Gasteiger partial charge in [0.2, 0.25) is 5.91 Å². The Hall–Kier alpha value is -1.26. The van der Waals surface area contributed by atoms with Gasteiger partial charge in [0, 0.05) is 5.92 Å². The summed E-state index contributed by atoms with van der Waals surface area (Å²) in [6.07, 6.45) is 1.69. The highest BCUT2D eigenvalue weighted by molar-refractivity contribution is 6.42. The maximum absolute atomic E-state index is 12.1. The number of amides is 1. The molecule has 1 amide bonds. The summed E-state index contributed by atoms with van der Waals surface area (Å²) in [5, 5.41) is 12.7. The van der Waals surface area contributed by atoms with Crippen molar-refractivity contribution in [2.75, 3.05) is 0 Å². The fourth-order valence-electron chi connectivity index (χ4n) is 2.48. The van der Waals surface area contributed by atoms with Gasteiger partial charge in [0.25, 0.3) is 0 Å². The monoisotopic (exact) mass is 313 g/mol. The zero-order chi connectivity index (χ0) is 14.5. The summed E-state index contributed by atoms with van der Waals surface area (Å²) in [7, 11) is 0. The van der Waals surface area contributed by atoms with Gasteiger partial charge in [0.05, 0.1) is 10.0 Å². The Morgan fingerprint density at radius 1 is 1.30 bits per heavy atom. The number of hydrogen-bond donors (Lipinski definition) is 2. The highest BCUT2D eigenvalue weighted by atomic mass is 35.5. The maximum Gasteiger partial charge on any atom is 0.329 e. The molecule has 0 heterocycles. The van der Waals surface area contributed by atoms with E-state index in [9.17, 15) is 9.59 Å². The molecular weight excluding hydrogens is 301 g/mol. The molecule has 2 saturated carbocycles. The minimum Gasteiger partial charge on any atom is -0.480 e. The molecule has 0 aromatic heterocycles. The summed E-state index contributed by atoms with van der Waals surface area (Å²) in [6, 6.07) is 5.36. The second-order valence-electron chi connectivity index (χ2n) is 5.47. The molecule has 1 aromatic carbocycles. The number of halogens is 2. The van der Waals surface area contributed by atoms with Crippen LogP contribution in [0.4, 0.5) is 0 Å². The van der Waals surface area contributed by atoms with E-state index in [-0.39, 0.29) is 17.7 Å². The average Bonchev–Trinajstić information content (AvgIpc) is 3.25. The van der Waals surface area contributed by atoms with Gasteiger partial charge < -0.3 is 10.4 Å². The first kappa shape index (κ1) is 13.7. The summed E-state index contributed by atoms with van der Waals surface area (Å²) in [5.74, 6) is -1.33. The summed E-state index contributed by atoms with van der Waals surface area (Å²) >= 11 is 12.1. The van der Waals surface area contributed by atoms with E-state index in [1.807, 2.05) is 6.07 Å². The quantitative estimate of drug-likeness (QED) is 0.898. The van der Waals surface area contributed by atoms with Crippen LogP contribution in [0.15, 0.2) is 18.2 Å². The summed E-state index contributed by atoms with van der Waals surface area (Å²) < 4.78 is 0. The third kappa shape index (κ3) is 2.27. The summed E-state index contributed by atoms with van der Waals surface area (Å²) in [6.45, 7) is 0. The lowest BCUT2D eigenvalue weighted by atomic mass is 10.1. The van der Waals surface area contributed by atoms with Crippen molar-refractivity contribution in [3.63, 3.8) is 0 Å². The molecule has 2 unspecified atom stereocenters. The molecule has 20 heavy (non-hydrogen) atoms. The maximum atomic E-state index is 12.1. The van der Waals surface area contributed by atoms with E-state index in [0.29, 0.717) is 29.3 Å². The molecule has 2 aliphatic carbocycles. The van der Waals surface area contributed by atoms with E-state index in [2.05, 4.69) is 5.32 Å². The van der Waals surface area contributed by atoms with Gasteiger partial charge in [-0.15, -0.1) is 0 Å². The topological polar surface area (TPSA) is 66.4 Å². The molecule has 3 rings (SSSR count). The van der Waals surface area contributed by atoms with E-state index < -0.39 is 11.5 Å². The molecule has 4 nitrogen and oxygen atoms in total. The van der Waals surface area contributed by atoms with Crippen LogP contribution in [0.3, 0.4) is 0 Å². The van der Waals surface area contributed by atoms with E-state index >= 15 is 0 Å². The first-order valence-corrected chi connectivity index (χ1v) is 7.19. The second kappa shape index (κ2) is 4.64. The minimum atomic E-state index is -1.03. The number of carboxylic acid groups (broad SMARTS) is 1. The van der Waals surface area contributed by atoms with E-state index in [0.717, 1.165) is 5.56 Å². The lowest BCUT2D eigenvalue weighted by Crippen LogP contribution is -2.43. The van der Waals surface area contributed by atoms with Crippen LogP contribution >= 0.6 is 23.2 Å². The van der Waals surface area contributed by atoms with Crippen LogP contribution in [-0.2, 0) is 9.59 Å². The fraction of sp³-hybridized carbons (Fsp3) is 0.429. The molecule has 0 bridgehead atoms. The normalized spacial score (nSPS) is 25.9. The van der Waals surface area contributed by atoms with Crippen LogP contribution in [0.25, 0.3) is 0 Å². The van der Waals surface area contributed by atoms with Gasteiger partial charge in [0.15, 0.2) is 0 Å². The predicted octanol–water partition coefficient (Wildman–Crippen LogP) is 2.83. The van der Waals surface area contributed by atoms with Gasteiger partial charge in [-0.05, 0) is 36.8 Å². The van der Waals surface area contributed by atoms with Gasteiger partial charge in [-0.25, -0.2) is 4.79 Å². The van der Waals surface area contributed by atoms with Crippen molar-refractivity contribution in [1.29, 1.82) is 0 Å². The Kier molecular flexibility index (Phi) is 3.18. The number of aliphatic carboxylic acids is 1. The minimum absolute atomic E-state index is 0.0331. The standard InChI is InChI=1S/C14H13Cl2NO3/c15-10-3-1-2-7(11(10)16)8-6-9(8)12(18)17-14(4-5-14)13(19)20/h1-3,8-9H,4-6H2,(H,17,18)(H,19,20). The lowest BCUT2D eigenvalue weighted by molar-refractivity contribution is -0.143. The molecule has 0 spiro atoms. The van der Waals surface area contributed by atoms with Crippen molar-refractivity contribution in [1.82, 2.24) is 5.32 Å². The van der Waals surface area contributed by atoms with E-state index in [1.165, 1.54) is 0 Å². The van der Waals surface area contributed by atoms with E-state index in [1.54, 1.807) is 12.1 Å². The Labute approximate surface area is 126 Å². The number of nitrogens with one attached hydrogen (secondary N) is 1. The third-order valence-corrected chi connectivity index (χ3v) is 4.86. The SMILES string of the molecule is O=C(NC1(C(=O)O)CC1)C1CC1c1cccc(Cl)c1Cl. The van der Waals surface area contributed by atoms with Gasteiger partial charge in [-0.1, -0.05) is 35.3 Å². The smallest absolute Gasteiger partial charge is 0.329 e. The van der Waals surface area contributed by atoms with Crippen LogP contribution < -0.4 is 5.32 Å². The van der Waals surface area contributed by atoms with Gasteiger partial charge in [-0.2, -0.15) is 0 Å². The fourth-order valence-corrected chi connectivity index (χ4v) is 2.93. The number of carboxylic acids is 1. The molecule has 2 N–H and O–H groups in total. The molecule has 6 heteroatoms. The Bertz CT molecular complexity index is 598. The average molecular weight is 314 g/mol.